The Labute approximate surface area is 123 Å². The Bertz CT molecular complexity index is 330. The summed E-state index contributed by atoms with van der Waals surface area (Å²) in [5, 5.41) is 3.08. The molecule has 3 N–H and O–H groups in total. The summed E-state index contributed by atoms with van der Waals surface area (Å²) < 4.78 is 5.66. The zero-order valence-corrected chi connectivity index (χ0v) is 13.8. The molecular formula is C16H32N2O2. The predicted molar refractivity (Wildman–Crippen MR) is 82.5 cm³/mol. The Morgan fingerprint density at radius 2 is 2.05 bits per heavy atom. The third-order valence-corrected chi connectivity index (χ3v) is 4.85. The van der Waals surface area contributed by atoms with Gasteiger partial charge in [0.1, 0.15) is 5.54 Å². The number of carbonyl (C=O) groups is 1. The van der Waals surface area contributed by atoms with Crippen molar-refractivity contribution in [3.05, 3.63) is 0 Å². The van der Waals surface area contributed by atoms with Crippen molar-refractivity contribution in [3.63, 3.8) is 0 Å². The van der Waals surface area contributed by atoms with Crippen molar-refractivity contribution in [2.45, 2.75) is 84.4 Å². The second kappa shape index (κ2) is 6.90. The van der Waals surface area contributed by atoms with E-state index in [1.165, 1.54) is 12.8 Å². The second-order valence-corrected chi connectivity index (χ2v) is 6.71. The molecule has 4 nitrogen and oxygen atoms in total. The summed E-state index contributed by atoms with van der Waals surface area (Å²) in [6, 6.07) is 0.191. The number of amides is 1. The van der Waals surface area contributed by atoms with E-state index in [9.17, 15) is 4.79 Å². The number of hydrogen-bond acceptors (Lipinski definition) is 3. The summed E-state index contributed by atoms with van der Waals surface area (Å²) in [4.78, 5) is 12.5. The molecule has 0 bridgehead atoms. The van der Waals surface area contributed by atoms with Crippen LogP contribution >= 0.6 is 0 Å². The standard InChI is InChI=1S/C16H32N2O2/c1-6-8-9-10-12(3)18-14(19)16(17)11-13(20-7-2)15(16,4)5/h12-13H,6-11,17H2,1-5H3,(H,18,19). The maximum Gasteiger partial charge on any atom is 0.241 e. The molecule has 0 aromatic rings. The Morgan fingerprint density at radius 3 is 2.55 bits per heavy atom. The Balaban J connectivity index is 2.51. The fourth-order valence-corrected chi connectivity index (χ4v) is 2.95. The monoisotopic (exact) mass is 284 g/mol. The molecule has 0 aliphatic heterocycles. The lowest BCUT2D eigenvalue weighted by atomic mass is 9.54. The number of hydrogen-bond donors (Lipinski definition) is 2. The van der Waals surface area contributed by atoms with Gasteiger partial charge in [0.15, 0.2) is 0 Å². The SMILES string of the molecule is CCCCCC(C)NC(=O)C1(N)CC(OCC)C1(C)C. The molecule has 1 aliphatic rings. The van der Waals surface area contributed by atoms with E-state index in [1.807, 2.05) is 20.8 Å². The van der Waals surface area contributed by atoms with Crippen molar-refractivity contribution < 1.29 is 9.53 Å². The van der Waals surface area contributed by atoms with Gasteiger partial charge >= 0.3 is 0 Å². The molecule has 1 aliphatic carbocycles. The van der Waals surface area contributed by atoms with Gasteiger partial charge in [0.05, 0.1) is 6.10 Å². The molecule has 0 radical (unpaired) electrons. The van der Waals surface area contributed by atoms with Crippen LogP contribution in [0.15, 0.2) is 0 Å². The van der Waals surface area contributed by atoms with E-state index in [1.54, 1.807) is 0 Å². The van der Waals surface area contributed by atoms with Crippen LogP contribution in [0.3, 0.4) is 0 Å². The van der Waals surface area contributed by atoms with Crippen LogP contribution in [0.4, 0.5) is 0 Å². The quantitative estimate of drug-likeness (QED) is 0.673. The fourth-order valence-electron chi connectivity index (χ4n) is 2.95. The molecule has 3 unspecified atom stereocenters. The molecule has 1 amide bonds. The first kappa shape index (κ1) is 17.4. The highest BCUT2D eigenvalue weighted by Gasteiger charge is 2.62. The molecule has 118 valence electrons. The van der Waals surface area contributed by atoms with Crippen molar-refractivity contribution in [2.24, 2.45) is 11.1 Å². The lowest BCUT2D eigenvalue weighted by Gasteiger charge is -2.57. The maximum atomic E-state index is 12.5. The molecule has 0 saturated heterocycles. The number of carbonyl (C=O) groups excluding carboxylic acids is 1. The van der Waals surface area contributed by atoms with Gasteiger partial charge in [-0.15, -0.1) is 0 Å². The molecular weight excluding hydrogens is 252 g/mol. The minimum Gasteiger partial charge on any atom is -0.378 e. The van der Waals surface area contributed by atoms with Gasteiger partial charge in [0.25, 0.3) is 0 Å². The van der Waals surface area contributed by atoms with E-state index in [0.717, 1.165) is 12.8 Å². The van der Waals surface area contributed by atoms with Gasteiger partial charge in [0, 0.05) is 24.5 Å². The van der Waals surface area contributed by atoms with Gasteiger partial charge in [0.2, 0.25) is 5.91 Å². The normalized spacial score (nSPS) is 29.6. The number of nitrogens with one attached hydrogen (secondary N) is 1. The van der Waals surface area contributed by atoms with Crippen LogP contribution in [0.25, 0.3) is 0 Å². The molecule has 0 spiro atoms. The van der Waals surface area contributed by atoms with Crippen LogP contribution in [0.5, 0.6) is 0 Å². The summed E-state index contributed by atoms with van der Waals surface area (Å²) in [6.07, 6.45) is 5.28. The number of nitrogens with two attached hydrogens (primary N) is 1. The maximum absolute atomic E-state index is 12.5. The fraction of sp³-hybridized carbons (Fsp3) is 0.938. The summed E-state index contributed by atoms with van der Waals surface area (Å²) in [7, 11) is 0. The van der Waals surface area contributed by atoms with Crippen LogP contribution in [0.1, 0.15) is 66.7 Å². The van der Waals surface area contributed by atoms with Gasteiger partial charge in [-0.3, -0.25) is 4.79 Å². The predicted octanol–water partition coefficient (Wildman–Crippen LogP) is 2.60. The van der Waals surface area contributed by atoms with Crippen molar-refractivity contribution in [1.82, 2.24) is 5.32 Å². The minimum absolute atomic E-state index is 0.0255. The van der Waals surface area contributed by atoms with Crippen LogP contribution in [-0.2, 0) is 9.53 Å². The molecule has 1 saturated carbocycles. The lowest BCUT2D eigenvalue weighted by molar-refractivity contribution is -0.171. The molecule has 1 fully saturated rings. The van der Waals surface area contributed by atoms with Crippen molar-refractivity contribution >= 4 is 5.91 Å². The summed E-state index contributed by atoms with van der Waals surface area (Å²) >= 11 is 0. The van der Waals surface area contributed by atoms with Gasteiger partial charge in [-0.2, -0.15) is 0 Å². The summed E-state index contributed by atoms with van der Waals surface area (Å²) in [6.45, 7) is 10.9. The molecule has 1 rings (SSSR count). The Morgan fingerprint density at radius 1 is 1.40 bits per heavy atom. The largest absolute Gasteiger partial charge is 0.378 e. The van der Waals surface area contributed by atoms with Crippen molar-refractivity contribution in [3.8, 4) is 0 Å². The zero-order valence-electron chi connectivity index (χ0n) is 13.8. The number of unbranched alkanes of at least 4 members (excludes halogenated alkanes) is 2. The Kier molecular flexibility index (Phi) is 6.02. The highest BCUT2D eigenvalue weighted by atomic mass is 16.5. The molecule has 20 heavy (non-hydrogen) atoms. The average molecular weight is 284 g/mol. The molecule has 3 atom stereocenters. The van der Waals surface area contributed by atoms with Gasteiger partial charge in [-0.25, -0.2) is 0 Å². The minimum atomic E-state index is -0.800. The van der Waals surface area contributed by atoms with Crippen LogP contribution in [-0.4, -0.2) is 30.2 Å². The third-order valence-electron chi connectivity index (χ3n) is 4.85. The zero-order chi connectivity index (χ0) is 15.4. The van der Waals surface area contributed by atoms with E-state index in [-0.39, 0.29) is 23.5 Å². The van der Waals surface area contributed by atoms with Gasteiger partial charge in [-0.1, -0.05) is 40.0 Å². The number of ether oxygens (including phenoxy) is 1. The second-order valence-electron chi connectivity index (χ2n) is 6.71. The van der Waals surface area contributed by atoms with Gasteiger partial charge < -0.3 is 15.8 Å². The first-order chi connectivity index (χ1) is 9.29. The van der Waals surface area contributed by atoms with Crippen molar-refractivity contribution in [1.29, 1.82) is 0 Å². The molecule has 0 aromatic heterocycles. The van der Waals surface area contributed by atoms with E-state index in [2.05, 4.69) is 19.2 Å². The smallest absolute Gasteiger partial charge is 0.241 e. The van der Waals surface area contributed by atoms with E-state index >= 15 is 0 Å². The summed E-state index contributed by atoms with van der Waals surface area (Å²) in [5.41, 5.74) is 5.25. The topological polar surface area (TPSA) is 64.4 Å². The van der Waals surface area contributed by atoms with E-state index in [0.29, 0.717) is 13.0 Å². The first-order valence-corrected chi connectivity index (χ1v) is 8.01. The number of rotatable bonds is 8. The van der Waals surface area contributed by atoms with Crippen LogP contribution in [0, 0.1) is 5.41 Å². The van der Waals surface area contributed by atoms with Crippen LogP contribution < -0.4 is 11.1 Å². The molecule has 0 heterocycles. The molecule has 0 aromatic carbocycles. The lowest BCUT2D eigenvalue weighted by Crippen LogP contribution is -2.76. The summed E-state index contributed by atoms with van der Waals surface area (Å²) in [5.74, 6) is -0.0255. The highest BCUT2D eigenvalue weighted by molar-refractivity contribution is 5.89. The highest BCUT2D eigenvalue weighted by Crippen LogP contribution is 2.49. The van der Waals surface area contributed by atoms with Crippen LogP contribution in [0.2, 0.25) is 0 Å². The average Bonchev–Trinajstić information content (AvgIpc) is 2.38. The van der Waals surface area contributed by atoms with Gasteiger partial charge in [-0.05, 0) is 20.3 Å². The Hall–Kier alpha value is -0.610. The van der Waals surface area contributed by atoms with Crippen molar-refractivity contribution in [2.75, 3.05) is 6.61 Å². The van der Waals surface area contributed by atoms with E-state index in [4.69, 9.17) is 10.5 Å². The first-order valence-electron chi connectivity index (χ1n) is 8.01. The van der Waals surface area contributed by atoms with E-state index < -0.39 is 5.54 Å². The third kappa shape index (κ3) is 3.34. The molecule has 4 heteroatoms.